The predicted molar refractivity (Wildman–Crippen MR) is 88.1 cm³/mol. The van der Waals surface area contributed by atoms with Crippen molar-refractivity contribution in [3.8, 4) is 0 Å². The first-order valence-electron chi connectivity index (χ1n) is 7.61. The van der Waals surface area contributed by atoms with Gasteiger partial charge in [0.1, 0.15) is 12.4 Å². The Morgan fingerprint density at radius 1 is 1.17 bits per heavy atom. The van der Waals surface area contributed by atoms with Crippen LogP contribution in [0.4, 0.5) is 4.39 Å². The van der Waals surface area contributed by atoms with E-state index in [4.69, 9.17) is 0 Å². The van der Waals surface area contributed by atoms with Crippen molar-refractivity contribution < 1.29 is 9.18 Å². The minimum absolute atomic E-state index is 0.0799. The normalized spacial score (nSPS) is 12.2. The van der Waals surface area contributed by atoms with Crippen LogP contribution in [-0.2, 0) is 18.4 Å². The van der Waals surface area contributed by atoms with E-state index in [0.717, 1.165) is 10.1 Å². The summed E-state index contributed by atoms with van der Waals surface area (Å²) in [6.07, 6.45) is 1.30. The summed E-state index contributed by atoms with van der Waals surface area (Å²) in [7, 11) is 1.36. The Morgan fingerprint density at radius 3 is 2.38 bits per heavy atom. The predicted octanol–water partition coefficient (Wildman–Crippen LogP) is 1.20. The highest BCUT2D eigenvalue weighted by atomic mass is 19.1. The lowest BCUT2D eigenvalue weighted by molar-refractivity contribution is -0.122. The summed E-state index contributed by atoms with van der Waals surface area (Å²) in [4.78, 5) is 35.6. The monoisotopic (exact) mass is 333 g/mol. The maximum Gasteiger partial charge on any atom is 0.331 e. The van der Waals surface area contributed by atoms with Crippen LogP contribution in [-0.4, -0.2) is 15.0 Å². The number of amides is 1. The van der Waals surface area contributed by atoms with Crippen LogP contribution in [0.25, 0.3) is 0 Å². The lowest BCUT2D eigenvalue weighted by Crippen LogP contribution is -2.41. The van der Waals surface area contributed by atoms with Gasteiger partial charge in [-0.3, -0.25) is 18.7 Å². The van der Waals surface area contributed by atoms with Gasteiger partial charge in [-0.2, -0.15) is 0 Å². The third kappa shape index (κ3) is 3.98. The number of hydrogen-bond donors (Lipinski definition) is 1. The smallest absolute Gasteiger partial charge is 0.331 e. The fraction of sp³-hybridized carbons (Fsp3) is 0.353. The van der Waals surface area contributed by atoms with Crippen LogP contribution >= 0.6 is 0 Å². The molecule has 6 nitrogen and oxygen atoms in total. The highest BCUT2D eigenvalue weighted by molar-refractivity contribution is 5.76. The lowest BCUT2D eigenvalue weighted by atomic mass is 9.96. The van der Waals surface area contributed by atoms with Crippen molar-refractivity contribution in [1.82, 2.24) is 14.5 Å². The van der Waals surface area contributed by atoms with Gasteiger partial charge in [0.15, 0.2) is 0 Å². The molecule has 1 aromatic carbocycles. The van der Waals surface area contributed by atoms with Gasteiger partial charge in [0.05, 0.1) is 6.04 Å². The number of benzene rings is 1. The number of nitrogens with one attached hydrogen (secondary N) is 1. The van der Waals surface area contributed by atoms with Crippen molar-refractivity contribution >= 4 is 5.91 Å². The quantitative estimate of drug-likeness (QED) is 0.893. The van der Waals surface area contributed by atoms with E-state index >= 15 is 0 Å². The molecule has 0 unspecified atom stereocenters. The number of nitrogens with zero attached hydrogens (tertiary/aromatic N) is 2. The topological polar surface area (TPSA) is 73.1 Å². The summed E-state index contributed by atoms with van der Waals surface area (Å²) in [6.45, 7) is 3.68. The molecular weight excluding hydrogens is 313 g/mol. The second kappa shape index (κ2) is 7.25. The molecule has 0 radical (unpaired) electrons. The summed E-state index contributed by atoms with van der Waals surface area (Å²) >= 11 is 0. The van der Waals surface area contributed by atoms with Crippen LogP contribution in [0, 0.1) is 11.7 Å². The van der Waals surface area contributed by atoms with Crippen molar-refractivity contribution in [1.29, 1.82) is 0 Å². The lowest BCUT2D eigenvalue weighted by Gasteiger charge is -2.23. The van der Waals surface area contributed by atoms with E-state index in [1.165, 1.54) is 36.0 Å². The molecule has 0 bridgehead atoms. The standard InChI is InChI=1S/C17H20FN3O3/c1-11(2)16(12-4-6-13(18)7-5-12)19-14(22)10-21-9-8-15(23)20(3)17(21)24/h4-9,11,16H,10H2,1-3H3,(H,19,22)/t16-/m1/s1. The van der Waals surface area contributed by atoms with Crippen molar-refractivity contribution in [2.24, 2.45) is 13.0 Å². The van der Waals surface area contributed by atoms with Gasteiger partial charge in [0, 0.05) is 19.3 Å². The molecule has 2 rings (SSSR count). The van der Waals surface area contributed by atoms with Gasteiger partial charge in [-0.1, -0.05) is 26.0 Å². The molecular formula is C17H20FN3O3. The van der Waals surface area contributed by atoms with Crippen molar-refractivity contribution in [3.05, 3.63) is 68.7 Å². The van der Waals surface area contributed by atoms with E-state index in [2.05, 4.69) is 5.32 Å². The number of aromatic nitrogens is 2. The Kier molecular flexibility index (Phi) is 5.33. The van der Waals surface area contributed by atoms with E-state index < -0.39 is 11.2 Å². The first kappa shape index (κ1) is 17.7. The minimum atomic E-state index is -0.555. The maximum absolute atomic E-state index is 13.1. The average molecular weight is 333 g/mol. The van der Waals surface area contributed by atoms with Gasteiger partial charge in [-0.25, -0.2) is 9.18 Å². The van der Waals surface area contributed by atoms with E-state index in [1.54, 1.807) is 12.1 Å². The van der Waals surface area contributed by atoms with Gasteiger partial charge in [0.25, 0.3) is 5.56 Å². The van der Waals surface area contributed by atoms with Gasteiger partial charge in [-0.15, -0.1) is 0 Å². The molecule has 1 heterocycles. The van der Waals surface area contributed by atoms with Crippen LogP contribution in [0.3, 0.4) is 0 Å². The molecule has 2 aromatic rings. The van der Waals surface area contributed by atoms with Crippen LogP contribution in [0.5, 0.6) is 0 Å². The second-order valence-corrected chi connectivity index (χ2v) is 5.96. The Morgan fingerprint density at radius 2 is 1.79 bits per heavy atom. The highest BCUT2D eigenvalue weighted by Crippen LogP contribution is 2.21. The fourth-order valence-electron chi connectivity index (χ4n) is 2.42. The zero-order valence-corrected chi connectivity index (χ0v) is 13.8. The molecule has 0 saturated heterocycles. The number of carbonyl (C=O) groups excluding carboxylic acids is 1. The zero-order chi connectivity index (χ0) is 17.9. The zero-order valence-electron chi connectivity index (χ0n) is 13.8. The Hall–Kier alpha value is -2.70. The molecule has 1 atom stereocenters. The largest absolute Gasteiger partial charge is 0.347 e. The highest BCUT2D eigenvalue weighted by Gasteiger charge is 2.19. The van der Waals surface area contributed by atoms with Crippen molar-refractivity contribution in [3.63, 3.8) is 0 Å². The number of halogens is 1. The average Bonchev–Trinajstić information content (AvgIpc) is 2.54. The number of rotatable bonds is 5. The summed E-state index contributed by atoms with van der Waals surface area (Å²) in [5.41, 5.74) is -0.198. The summed E-state index contributed by atoms with van der Waals surface area (Å²) in [5, 5.41) is 2.85. The van der Waals surface area contributed by atoms with Crippen LogP contribution in [0.2, 0.25) is 0 Å². The first-order valence-corrected chi connectivity index (χ1v) is 7.61. The second-order valence-electron chi connectivity index (χ2n) is 5.96. The third-order valence-electron chi connectivity index (χ3n) is 3.79. The van der Waals surface area contributed by atoms with Gasteiger partial charge >= 0.3 is 5.69 Å². The van der Waals surface area contributed by atoms with E-state index in [1.807, 2.05) is 13.8 Å². The molecule has 7 heteroatoms. The Balaban J connectivity index is 2.17. The third-order valence-corrected chi connectivity index (χ3v) is 3.79. The summed E-state index contributed by atoms with van der Waals surface area (Å²) < 4.78 is 15.2. The molecule has 0 fully saturated rings. The van der Waals surface area contributed by atoms with E-state index in [9.17, 15) is 18.8 Å². The minimum Gasteiger partial charge on any atom is -0.347 e. The van der Waals surface area contributed by atoms with Crippen molar-refractivity contribution in [2.75, 3.05) is 0 Å². The van der Waals surface area contributed by atoms with E-state index in [-0.39, 0.29) is 30.2 Å². The number of hydrogen-bond acceptors (Lipinski definition) is 3. The van der Waals surface area contributed by atoms with Crippen LogP contribution in [0.15, 0.2) is 46.1 Å². The molecule has 0 aliphatic rings. The van der Waals surface area contributed by atoms with E-state index in [0.29, 0.717) is 0 Å². The number of carbonyl (C=O) groups is 1. The van der Waals surface area contributed by atoms with Crippen molar-refractivity contribution in [2.45, 2.75) is 26.4 Å². The molecule has 0 aliphatic heterocycles. The molecule has 1 amide bonds. The molecule has 1 N–H and O–H groups in total. The molecule has 0 saturated carbocycles. The van der Waals surface area contributed by atoms with Gasteiger partial charge in [0.2, 0.25) is 5.91 Å². The summed E-state index contributed by atoms with van der Waals surface area (Å²) in [6, 6.07) is 6.86. The molecule has 0 spiro atoms. The fourth-order valence-corrected chi connectivity index (χ4v) is 2.42. The maximum atomic E-state index is 13.1. The van der Waals surface area contributed by atoms with Gasteiger partial charge in [-0.05, 0) is 23.6 Å². The molecule has 128 valence electrons. The molecule has 0 aliphatic carbocycles. The first-order chi connectivity index (χ1) is 11.3. The molecule has 1 aromatic heterocycles. The van der Waals surface area contributed by atoms with Crippen LogP contribution < -0.4 is 16.6 Å². The van der Waals surface area contributed by atoms with Gasteiger partial charge < -0.3 is 5.32 Å². The molecule has 24 heavy (non-hydrogen) atoms. The Bertz CT molecular complexity index is 837. The summed E-state index contributed by atoms with van der Waals surface area (Å²) in [5.74, 6) is -0.626. The SMILES string of the molecule is CC(C)[C@@H](NC(=O)Cn1ccc(=O)n(C)c1=O)c1ccc(F)cc1. The Labute approximate surface area is 138 Å². The van der Waals surface area contributed by atoms with Crippen LogP contribution in [0.1, 0.15) is 25.5 Å².